The van der Waals surface area contributed by atoms with E-state index in [2.05, 4.69) is 15.6 Å². The van der Waals surface area contributed by atoms with Gasteiger partial charge < -0.3 is 10.6 Å². The molecule has 4 rings (SSSR count). The van der Waals surface area contributed by atoms with E-state index in [1.807, 2.05) is 18.2 Å². The fraction of sp³-hybridized carbons (Fsp3) is 0.684. The van der Waals surface area contributed by atoms with E-state index in [0.717, 1.165) is 29.9 Å². The van der Waals surface area contributed by atoms with Crippen molar-refractivity contribution in [3.63, 3.8) is 0 Å². The summed E-state index contributed by atoms with van der Waals surface area (Å²) in [5.41, 5.74) is 0.935. The van der Waals surface area contributed by atoms with E-state index in [-0.39, 0.29) is 5.92 Å². The van der Waals surface area contributed by atoms with Gasteiger partial charge in [-0.25, -0.2) is 13.4 Å². The number of nitrogens with one attached hydrogen (secondary N) is 2. The standard InChI is InChI=1S/C19H28N4O2S/c24-26(25)8-6-15(13-26)11-21-19(22-12-17-3-1-2-7-20-17)23-18-10-14-4-5-16(18)9-14/h1-3,7,14-16,18H,4-6,8-13H2,(H2,21,22,23). The Bertz CT molecular complexity index is 750. The number of pyridine rings is 1. The van der Waals surface area contributed by atoms with Crippen molar-refractivity contribution >= 4 is 15.8 Å². The van der Waals surface area contributed by atoms with Crippen molar-refractivity contribution in [3.8, 4) is 0 Å². The highest BCUT2D eigenvalue weighted by molar-refractivity contribution is 7.91. The fourth-order valence-corrected chi connectivity index (χ4v) is 6.54. The van der Waals surface area contributed by atoms with Gasteiger partial charge >= 0.3 is 0 Å². The van der Waals surface area contributed by atoms with Crippen molar-refractivity contribution in [1.29, 1.82) is 0 Å². The van der Waals surface area contributed by atoms with E-state index in [1.165, 1.54) is 25.7 Å². The van der Waals surface area contributed by atoms with Gasteiger partial charge in [-0.1, -0.05) is 12.5 Å². The lowest BCUT2D eigenvalue weighted by Gasteiger charge is -2.25. The molecule has 1 aromatic heterocycles. The zero-order valence-corrected chi connectivity index (χ0v) is 15.9. The maximum atomic E-state index is 11.7. The van der Waals surface area contributed by atoms with Crippen LogP contribution in [0, 0.1) is 17.8 Å². The van der Waals surface area contributed by atoms with Crippen molar-refractivity contribution in [1.82, 2.24) is 15.6 Å². The summed E-state index contributed by atoms with van der Waals surface area (Å²) in [5.74, 6) is 3.23. The minimum absolute atomic E-state index is 0.182. The third-order valence-electron chi connectivity index (χ3n) is 6.07. The van der Waals surface area contributed by atoms with Crippen molar-refractivity contribution in [2.45, 2.75) is 44.7 Å². The van der Waals surface area contributed by atoms with Crippen molar-refractivity contribution in [2.75, 3.05) is 18.1 Å². The molecule has 0 amide bonds. The van der Waals surface area contributed by atoms with Gasteiger partial charge in [0.25, 0.3) is 0 Å². The Kier molecular flexibility index (Phi) is 5.16. The van der Waals surface area contributed by atoms with Crippen LogP contribution in [0.1, 0.15) is 37.8 Å². The molecule has 0 radical (unpaired) electrons. The third-order valence-corrected chi connectivity index (χ3v) is 7.91. The van der Waals surface area contributed by atoms with Gasteiger partial charge in [0.1, 0.15) is 0 Å². The van der Waals surface area contributed by atoms with Crippen LogP contribution in [-0.2, 0) is 16.4 Å². The number of sulfone groups is 1. The molecule has 1 aliphatic heterocycles. The molecular formula is C19H28N4O2S. The number of aliphatic imine (C=N–C) groups is 1. The summed E-state index contributed by atoms with van der Waals surface area (Å²) >= 11 is 0. The second-order valence-electron chi connectivity index (χ2n) is 8.06. The first-order valence-corrected chi connectivity index (χ1v) is 11.5. The first-order valence-electron chi connectivity index (χ1n) is 9.72. The molecule has 1 saturated heterocycles. The molecule has 7 heteroatoms. The summed E-state index contributed by atoms with van der Waals surface area (Å²) in [5, 5.41) is 7.03. The lowest BCUT2D eigenvalue weighted by atomic mass is 9.95. The summed E-state index contributed by atoms with van der Waals surface area (Å²) < 4.78 is 23.4. The molecule has 3 aliphatic rings. The highest BCUT2D eigenvalue weighted by atomic mass is 32.2. The van der Waals surface area contributed by atoms with Crippen molar-refractivity contribution in [3.05, 3.63) is 30.1 Å². The number of hydrogen-bond acceptors (Lipinski definition) is 4. The minimum atomic E-state index is -2.84. The molecular weight excluding hydrogens is 348 g/mol. The summed E-state index contributed by atoms with van der Waals surface area (Å²) in [6, 6.07) is 6.34. The summed E-state index contributed by atoms with van der Waals surface area (Å²) in [7, 11) is -2.84. The normalized spacial score (nSPS) is 32.7. The average molecular weight is 377 g/mol. The number of aromatic nitrogens is 1. The van der Waals surface area contributed by atoms with Gasteiger partial charge in [-0.3, -0.25) is 4.98 Å². The summed E-state index contributed by atoms with van der Waals surface area (Å²) in [6.45, 7) is 1.19. The van der Waals surface area contributed by atoms with Gasteiger partial charge in [-0.2, -0.15) is 0 Å². The van der Waals surface area contributed by atoms with Crippen LogP contribution in [0.15, 0.2) is 29.4 Å². The van der Waals surface area contributed by atoms with Crippen LogP contribution in [0.5, 0.6) is 0 Å². The zero-order valence-electron chi connectivity index (χ0n) is 15.1. The van der Waals surface area contributed by atoms with Crippen LogP contribution in [-0.4, -0.2) is 43.5 Å². The first kappa shape index (κ1) is 17.8. The fourth-order valence-electron chi connectivity index (χ4n) is 4.68. The molecule has 4 atom stereocenters. The Morgan fingerprint density at radius 3 is 2.81 bits per heavy atom. The Morgan fingerprint density at radius 2 is 2.15 bits per heavy atom. The summed E-state index contributed by atoms with van der Waals surface area (Å²) in [6.07, 6.45) is 7.79. The molecule has 2 heterocycles. The average Bonchev–Trinajstić information content (AvgIpc) is 3.33. The van der Waals surface area contributed by atoms with Gasteiger partial charge in [-0.15, -0.1) is 0 Å². The number of hydrogen-bond donors (Lipinski definition) is 2. The Hall–Kier alpha value is -1.63. The van der Waals surface area contributed by atoms with E-state index >= 15 is 0 Å². The Labute approximate surface area is 155 Å². The quantitative estimate of drug-likeness (QED) is 0.604. The van der Waals surface area contributed by atoms with Crippen LogP contribution in [0.2, 0.25) is 0 Å². The van der Waals surface area contributed by atoms with Gasteiger partial charge in [0.15, 0.2) is 15.8 Å². The van der Waals surface area contributed by atoms with Crippen molar-refractivity contribution < 1.29 is 8.42 Å². The molecule has 3 fully saturated rings. The van der Waals surface area contributed by atoms with E-state index in [0.29, 0.717) is 30.6 Å². The first-order chi connectivity index (χ1) is 12.6. The molecule has 26 heavy (non-hydrogen) atoms. The molecule has 2 aliphatic carbocycles. The molecule has 4 unspecified atom stereocenters. The number of guanidine groups is 1. The Balaban J connectivity index is 1.39. The molecule has 2 saturated carbocycles. The van der Waals surface area contributed by atoms with Crippen molar-refractivity contribution in [2.24, 2.45) is 22.7 Å². The maximum Gasteiger partial charge on any atom is 0.191 e. The van der Waals surface area contributed by atoms with E-state index in [1.54, 1.807) is 6.20 Å². The van der Waals surface area contributed by atoms with E-state index < -0.39 is 9.84 Å². The van der Waals surface area contributed by atoms with E-state index in [4.69, 9.17) is 4.99 Å². The van der Waals surface area contributed by atoms with Crippen LogP contribution >= 0.6 is 0 Å². The molecule has 1 aromatic rings. The van der Waals surface area contributed by atoms with Crippen LogP contribution in [0.25, 0.3) is 0 Å². The van der Waals surface area contributed by atoms with Gasteiger partial charge in [-0.05, 0) is 55.6 Å². The smallest absolute Gasteiger partial charge is 0.191 e. The van der Waals surface area contributed by atoms with Gasteiger partial charge in [0.2, 0.25) is 0 Å². The Morgan fingerprint density at radius 1 is 1.23 bits per heavy atom. The van der Waals surface area contributed by atoms with Crippen LogP contribution in [0.4, 0.5) is 0 Å². The third kappa shape index (κ3) is 4.37. The zero-order chi connectivity index (χ0) is 18.0. The highest BCUT2D eigenvalue weighted by Crippen LogP contribution is 2.44. The predicted molar refractivity (Wildman–Crippen MR) is 103 cm³/mol. The molecule has 2 bridgehead atoms. The largest absolute Gasteiger partial charge is 0.356 e. The minimum Gasteiger partial charge on any atom is -0.356 e. The SMILES string of the molecule is O=S1(=O)CCC(CNC(=NCc2ccccn2)NC2CC3CCC2C3)C1. The molecule has 142 valence electrons. The lowest BCUT2D eigenvalue weighted by Crippen LogP contribution is -2.47. The molecule has 6 nitrogen and oxygen atoms in total. The molecule has 0 spiro atoms. The number of rotatable bonds is 5. The van der Waals surface area contributed by atoms with Gasteiger partial charge in [0.05, 0.1) is 23.7 Å². The van der Waals surface area contributed by atoms with Gasteiger partial charge in [0, 0.05) is 18.8 Å². The monoisotopic (exact) mass is 376 g/mol. The van der Waals surface area contributed by atoms with Crippen LogP contribution in [0.3, 0.4) is 0 Å². The summed E-state index contributed by atoms with van der Waals surface area (Å²) in [4.78, 5) is 9.06. The van der Waals surface area contributed by atoms with E-state index in [9.17, 15) is 8.42 Å². The highest BCUT2D eigenvalue weighted by Gasteiger charge is 2.40. The number of nitrogens with zero attached hydrogens (tertiary/aromatic N) is 2. The lowest BCUT2D eigenvalue weighted by molar-refractivity contribution is 0.386. The second-order valence-corrected chi connectivity index (χ2v) is 10.3. The molecule has 2 N–H and O–H groups in total. The predicted octanol–water partition coefficient (Wildman–Crippen LogP) is 1.74. The molecule has 0 aromatic carbocycles. The topological polar surface area (TPSA) is 83.5 Å². The number of fused-ring (bicyclic) bond motifs is 2. The maximum absolute atomic E-state index is 11.7. The van der Waals surface area contributed by atoms with Crippen LogP contribution < -0.4 is 10.6 Å². The second kappa shape index (κ2) is 7.55.